The van der Waals surface area contributed by atoms with E-state index in [4.69, 9.17) is 5.84 Å². The van der Waals surface area contributed by atoms with E-state index < -0.39 is 0 Å². The standard InChI is InChI=1S/C14H15N5O/c15-18-13-8-16-7-12(17-13)14(20)19-6-5-10-3-1-2-4-11(10)9-19/h1-4,7-8H,5-6,9,15H2,(H,17,18). The number of anilines is 1. The van der Waals surface area contributed by atoms with Gasteiger partial charge in [-0.1, -0.05) is 24.3 Å². The van der Waals surface area contributed by atoms with Crippen LogP contribution in [0.5, 0.6) is 0 Å². The zero-order valence-corrected chi connectivity index (χ0v) is 10.9. The van der Waals surface area contributed by atoms with Gasteiger partial charge in [-0.3, -0.25) is 9.78 Å². The summed E-state index contributed by atoms with van der Waals surface area (Å²) < 4.78 is 0. The summed E-state index contributed by atoms with van der Waals surface area (Å²) >= 11 is 0. The Balaban J connectivity index is 1.82. The zero-order chi connectivity index (χ0) is 13.9. The number of hydrogen-bond acceptors (Lipinski definition) is 5. The number of nitrogens with two attached hydrogens (primary N) is 1. The Morgan fingerprint density at radius 1 is 1.25 bits per heavy atom. The van der Waals surface area contributed by atoms with Gasteiger partial charge >= 0.3 is 0 Å². The van der Waals surface area contributed by atoms with Crippen LogP contribution >= 0.6 is 0 Å². The number of rotatable bonds is 2. The number of nitrogen functional groups attached to an aromatic ring is 1. The van der Waals surface area contributed by atoms with E-state index in [2.05, 4.69) is 27.5 Å². The molecule has 20 heavy (non-hydrogen) atoms. The molecule has 0 unspecified atom stereocenters. The van der Waals surface area contributed by atoms with Crippen LogP contribution in [0.2, 0.25) is 0 Å². The van der Waals surface area contributed by atoms with Crippen LogP contribution in [0.3, 0.4) is 0 Å². The summed E-state index contributed by atoms with van der Waals surface area (Å²) in [6, 6.07) is 8.18. The molecule has 2 heterocycles. The molecule has 6 nitrogen and oxygen atoms in total. The van der Waals surface area contributed by atoms with Crippen molar-refractivity contribution in [2.45, 2.75) is 13.0 Å². The van der Waals surface area contributed by atoms with Gasteiger partial charge in [0.25, 0.3) is 5.91 Å². The van der Waals surface area contributed by atoms with Crippen molar-refractivity contribution in [2.75, 3.05) is 12.0 Å². The Morgan fingerprint density at radius 3 is 2.85 bits per heavy atom. The van der Waals surface area contributed by atoms with Gasteiger partial charge in [-0.2, -0.15) is 0 Å². The van der Waals surface area contributed by atoms with E-state index in [9.17, 15) is 4.79 Å². The number of benzene rings is 1. The Labute approximate surface area is 116 Å². The normalized spacial score (nSPS) is 13.8. The van der Waals surface area contributed by atoms with Crippen LogP contribution in [0.1, 0.15) is 21.6 Å². The second-order valence-electron chi connectivity index (χ2n) is 4.68. The highest BCUT2D eigenvalue weighted by atomic mass is 16.2. The van der Waals surface area contributed by atoms with Gasteiger partial charge in [-0.25, -0.2) is 10.8 Å². The summed E-state index contributed by atoms with van der Waals surface area (Å²) in [6.07, 6.45) is 3.80. The molecule has 0 atom stereocenters. The van der Waals surface area contributed by atoms with E-state index in [0.29, 0.717) is 24.6 Å². The summed E-state index contributed by atoms with van der Waals surface area (Å²) in [5.74, 6) is 5.54. The van der Waals surface area contributed by atoms with Crippen LogP contribution in [0.4, 0.5) is 5.82 Å². The number of aromatic nitrogens is 2. The van der Waals surface area contributed by atoms with E-state index in [1.54, 1.807) is 4.90 Å². The van der Waals surface area contributed by atoms with E-state index >= 15 is 0 Å². The van der Waals surface area contributed by atoms with Crippen molar-refractivity contribution < 1.29 is 4.79 Å². The maximum Gasteiger partial charge on any atom is 0.274 e. The number of hydrazine groups is 1. The molecule has 0 bridgehead atoms. The smallest absolute Gasteiger partial charge is 0.274 e. The number of fused-ring (bicyclic) bond motifs is 1. The van der Waals surface area contributed by atoms with Gasteiger partial charge in [0.1, 0.15) is 5.69 Å². The largest absolute Gasteiger partial charge is 0.333 e. The fourth-order valence-corrected chi connectivity index (χ4v) is 2.37. The van der Waals surface area contributed by atoms with E-state index in [0.717, 1.165) is 6.42 Å². The quantitative estimate of drug-likeness (QED) is 0.626. The van der Waals surface area contributed by atoms with Crippen molar-refractivity contribution in [3.05, 3.63) is 53.5 Å². The van der Waals surface area contributed by atoms with E-state index in [1.807, 2.05) is 12.1 Å². The molecule has 102 valence electrons. The van der Waals surface area contributed by atoms with Crippen molar-refractivity contribution in [1.82, 2.24) is 14.9 Å². The summed E-state index contributed by atoms with van der Waals surface area (Å²) in [5, 5.41) is 0. The molecule has 1 aliphatic heterocycles. The lowest BCUT2D eigenvalue weighted by Gasteiger charge is -2.28. The average molecular weight is 269 g/mol. The Hall–Kier alpha value is -2.47. The highest BCUT2D eigenvalue weighted by Crippen LogP contribution is 2.19. The topological polar surface area (TPSA) is 84.1 Å². The van der Waals surface area contributed by atoms with Gasteiger partial charge in [0.2, 0.25) is 0 Å². The molecule has 3 rings (SSSR count). The number of nitrogens with one attached hydrogen (secondary N) is 1. The first-order chi connectivity index (χ1) is 9.78. The first-order valence-electron chi connectivity index (χ1n) is 6.42. The summed E-state index contributed by atoms with van der Waals surface area (Å²) in [7, 11) is 0. The molecule has 0 saturated heterocycles. The second kappa shape index (κ2) is 5.26. The van der Waals surface area contributed by atoms with Crippen LogP contribution < -0.4 is 11.3 Å². The summed E-state index contributed by atoms with van der Waals surface area (Å²) in [5.41, 5.74) is 5.20. The van der Waals surface area contributed by atoms with Crippen molar-refractivity contribution >= 4 is 11.7 Å². The predicted molar refractivity (Wildman–Crippen MR) is 74.7 cm³/mol. The molecule has 2 aromatic rings. The zero-order valence-electron chi connectivity index (χ0n) is 10.9. The third kappa shape index (κ3) is 2.33. The minimum Gasteiger partial charge on any atom is -0.333 e. The lowest BCUT2D eigenvalue weighted by molar-refractivity contribution is 0.0728. The summed E-state index contributed by atoms with van der Waals surface area (Å²) in [6.45, 7) is 1.30. The first kappa shape index (κ1) is 12.6. The lowest BCUT2D eigenvalue weighted by atomic mass is 10.00. The van der Waals surface area contributed by atoms with E-state index in [-0.39, 0.29) is 5.91 Å². The molecule has 0 fully saturated rings. The minimum absolute atomic E-state index is 0.121. The van der Waals surface area contributed by atoms with Gasteiger partial charge in [0.15, 0.2) is 5.82 Å². The second-order valence-corrected chi connectivity index (χ2v) is 4.68. The Bertz CT molecular complexity index is 643. The predicted octanol–water partition coefficient (Wildman–Crippen LogP) is 0.961. The molecule has 0 radical (unpaired) electrons. The van der Waals surface area contributed by atoms with Crippen molar-refractivity contribution in [3.8, 4) is 0 Å². The molecule has 1 amide bonds. The Morgan fingerprint density at radius 2 is 2.05 bits per heavy atom. The maximum absolute atomic E-state index is 12.4. The number of carbonyl (C=O) groups is 1. The van der Waals surface area contributed by atoms with Gasteiger partial charge in [-0.05, 0) is 17.5 Å². The number of amides is 1. The fourth-order valence-electron chi connectivity index (χ4n) is 2.37. The van der Waals surface area contributed by atoms with Gasteiger partial charge < -0.3 is 10.3 Å². The molecule has 1 aliphatic rings. The van der Waals surface area contributed by atoms with Crippen LogP contribution in [0.15, 0.2) is 36.7 Å². The lowest BCUT2D eigenvalue weighted by Crippen LogP contribution is -2.36. The number of carbonyl (C=O) groups excluding carboxylic acids is 1. The van der Waals surface area contributed by atoms with Crippen molar-refractivity contribution in [2.24, 2.45) is 5.84 Å². The minimum atomic E-state index is -0.121. The van der Waals surface area contributed by atoms with Crippen LogP contribution in [-0.4, -0.2) is 27.3 Å². The van der Waals surface area contributed by atoms with Gasteiger partial charge in [-0.15, -0.1) is 0 Å². The van der Waals surface area contributed by atoms with Crippen molar-refractivity contribution in [1.29, 1.82) is 0 Å². The van der Waals surface area contributed by atoms with Crippen LogP contribution in [-0.2, 0) is 13.0 Å². The van der Waals surface area contributed by atoms with Crippen LogP contribution in [0.25, 0.3) is 0 Å². The molecular weight excluding hydrogens is 254 g/mol. The SMILES string of the molecule is NNc1cncc(C(=O)N2CCc3ccccc3C2)n1. The molecule has 6 heteroatoms. The molecule has 0 spiro atoms. The third-order valence-electron chi connectivity index (χ3n) is 3.42. The van der Waals surface area contributed by atoms with Crippen molar-refractivity contribution in [3.63, 3.8) is 0 Å². The number of hydrogen-bond donors (Lipinski definition) is 2. The highest BCUT2D eigenvalue weighted by molar-refractivity contribution is 5.92. The van der Waals surface area contributed by atoms with Crippen LogP contribution in [0, 0.1) is 0 Å². The molecule has 3 N–H and O–H groups in total. The Kier molecular flexibility index (Phi) is 3.30. The first-order valence-corrected chi connectivity index (χ1v) is 6.42. The molecule has 1 aromatic heterocycles. The molecular formula is C14H15N5O. The molecule has 1 aromatic carbocycles. The third-order valence-corrected chi connectivity index (χ3v) is 3.42. The summed E-state index contributed by atoms with van der Waals surface area (Å²) in [4.78, 5) is 22.3. The average Bonchev–Trinajstić information content (AvgIpc) is 2.53. The maximum atomic E-state index is 12.4. The molecule has 0 saturated carbocycles. The van der Waals surface area contributed by atoms with E-state index in [1.165, 1.54) is 23.5 Å². The number of nitrogens with zero attached hydrogens (tertiary/aromatic N) is 3. The highest BCUT2D eigenvalue weighted by Gasteiger charge is 2.22. The fraction of sp³-hybridized carbons (Fsp3) is 0.214. The molecule has 0 aliphatic carbocycles. The van der Waals surface area contributed by atoms with Gasteiger partial charge in [0.05, 0.1) is 12.4 Å². The van der Waals surface area contributed by atoms with Gasteiger partial charge in [0, 0.05) is 13.1 Å². The monoisotopic (exact) mass is 269 g/mol.